The van der Waals surface area contributed by atoms with Crippen LogP contribution in [0.1, 0.15) is 5.69 Å². The maximum atomic E-state index is 8.85. The summed E-state index contributed by atoms with van der Waals surface area (Å²) in [6.07, 6.45) is 3.13. The molecule has 1 saturated heterocycles. The molecule has 6 heteroatoms. The number of hydrogen-bond acceptors (Lipinski definition) is 6. The van der Waals surface area contributed by atoms with Crippen LogP contribution in [0.15, 0.2) is 12.4 Å². The summed E-state index contributed by atoms with van der Waals surface area (Å²) in [5, 5.41) is 17.5. The Kier molecular flexibility index (Phi) is 3.85. The van der Waals surface area contributed by atoms with E-state index in [0.717, 1.165) is 38.5 Å². The molecule has 17 heavy (non-hydrogen) atoms. The second kappa shape index (κ2) is 5.57. The number of nitrogens with zero attached hydrogens (tertiary/aromatic N) is 5. The summed E-state index contributed by atoms with van der Waals surface area (Å²) < 4.78 is 0. The predicted molar refractivity (Wildman–Crippen MR) is 62.5 cm³/mol. The summed E-state index contributed by atoms with van der Waals surface area (Å²) >= 11 is 0. The Labute approximate surface area is 100 Å². The van der Waals surface area contributed by atoms with Crippen LogP contribution in [0.4, 0.5) is 5.82 Å². The zero-order chi connectivity index (χ0) is 12.1. The number of aromatic nitrogens is 2. The smallest absolute Gasteiger partial charge is 0.158 e. The minimum Gasteiger partial charge on any atom is -0.395 e. The fourth-order valence-electron chi connectivity index (χ4n) is 1.88. The van der Waals surface area contributed by atoms with Crippen molar-refractivity contribution in [2.75, 3.05) is 44.2 Å². The average Bonchev–Trinajstić information content (AvgIpc) is 2.40. The standard InChI is InChI=1S/C11H15N5O/c12-7-10-8-14-11(9-13-10)16-3-1-15(2-4-16)5-6-17/h8-9,17H,1-6H2. The first-order valence-electron chi connectivity index (χ1n) is 5.64. The molecular weight excluding hydrogens is 218 g/mol. The van der Waals surface area contributed by atoms with Crippen LogP contribution >= 0.6 is 0 Å². The van der Waals surface area contributed by atoms with Crippen LogP contribution in [-0.2, 0) is 0 Å². The van der Waals surface area contributed by atoms with E-state index in [-0.39, 0.29) is 6.61 Å². The average molecular weight is 233 g/mol. The number of aliphatic hydroxyl groups excluding tert-OH is 1. The first-order valence-corrected chi connectivity index (χ1v) is 5.64. The van der Waals surface area contributed by atoms with Crippen LogP contribution in [0.3, 0.4) is 0 Å². The van der Waals surface area contributed by atoms with Gasteiger partial charge in [0.25, 0.3) is 0 Å². The molecule has 1 fully saturated rings. The Hall–Kier alpha value is -1.71. The van der Waals surface area contributed by atoms with Gasteiger partial charge in [-0.05, 0) is 0 Å². The summed E-state index contributed by atoms with van der Waals surface area (Å²) in [6.45, 7) is 4.52. The van der Waals surface area contributed by atoms with E-state index >= 15 is 0 Å². The Morgan fingerprint density at radius 3 is 2.53 bits per heavy atom. The van der Waals surface area contributed by atoms with Crippen LogP contribution in [-0.4, -0.2) is 59.3 Å². The molecule has 90 valence electrons. The Morgan fingerprint density at radius 1 is 1.24 bits per heavy atom. The van der Waals surface area contributed by atoms with E-state index in [0.29, 0.717) is 5.69 Å². The maximum absolute atomic E-state index is 8.85. The highest BCUT2D eigenvalue weighted by Crippen LogP contribution is 2.11. The second-order valence-corrected chi connectivity index (χ2v) is 3.92. The fourth-order valence-corrected chi connectivity index (χ4v) is 1.88. The highest BCUT2D eigenvalue weighted by molar-refractivity contribution is 5.37. The first kappa shape index (κ1) is 11.8. The van der Waals surface area contributed by atoms with Crippen molar-refractivity contribution in [2.24, 2.45) is 0 Å². The van der Waals surface area contributed by atoms with Gasteiger partial charge in [-0.3, -0.25) is 4.90 Å². The zero-order valence-electron chi connectivity index (χ0n) is 9.58. The van der Waals surface area contributed by atoms with E-state index in [4.69, 9.17) is 10.4 Å². The van der Waals surface area contributed by atoms with Crippen molar-refractivity contribution >= 4 is 5.82 Å². The van der Waals surface area contributed by atoms with Crippen LogP contribution in [0.2, 0.25) is 0 Å². The monoisotopic (exact) mass is 233 g/mol. The molecule has 1 aromatic heterocycles. The number of β-amino-alcohol motifs (C(OH)–C–C–N with tert-alkyl or cyclic N) is 1. The van der Waals surface area contributed by atoms with E-state index in [2.05, 4.69) is 19.8 Å². The highest BCUT2D eigenvalue weighted by atomic mass is 16.3. The number of hydrogen-bond donors (Lipinski definition) is 1. The summed E-state index contributed by atoms with van der Waals surface area (Å²) in [5.74, 6) is 0.813. The van der Waals surface area contributed by atoms with Crippen LogP contribution in [0.25, 0.3) is 0 Å². The molecule has 1 N–H and O–H groups in total. The lowest BCUT2D eigenvalue weighted by Crippen LogP contribution is -2.47. The van der Waals surface area contributed by atoms with Crippen molar-refractivity contribution < 1.29 is 5.11 Å². The number of rotatable bonds is 3. The number of nitriles is 1. The van der Waals surface area contributed by atoms with E-state index in [1.807, 2.05) is 6.07 Å². The molecule has 0 aliphatic carbocycles. The van der Waals surface area contributed by atoms with Crippen LogP contribution in [0, 0.1) is 11.3 Å². The Bertz CT molecular complexity index is 391. The summed E-state index contributed by atoms with van der Waals surface area (Å²) in [4.78, 5) is 12.6. The van der Waals surface area contributed by atoms with Crippen molar-refractivity contribution in [1.29, 1.82) is 5.26 Å². The largest absolute Gasteiger partial charge is 0.395 e. The van der Waals surface area contributed by atoms with E-state index < -0.39 is 0 Å². The molecule has 2 rings (SSSR count). The van der Waals surface area contributed by atoms with Crippen molar-refractivity contribution in [3.05, 3.63) is 18.1 Å². The molecule has 0 spiro atoms. The van der Waals surface area contributed by atoms with Crippen LogP contribution < -0.4 is 4.90 Å². The zero-order valence-corrected chi connectivity index (χ0v) is 9.58. The van der Waals surface area contributed by atoms with Gasteiger partial charge < -0.3 is 10.0 Å². The van der Waals surface area contributed by atoms with Gasteiger partial charge in [-0.1, -0.05) is 0 Å². The van der Waals surface area contributed by atoms with Crippen molar-refractivity contribution in [2.45, 2.75) is 0 Å². The van der Waals surface area contributed by atoms with Gasteiger partial charge >= 0.3 is 0 Å². The summed E-state index contributed by atoms with van der Waals surface area (Å²) in [5.41, 5.74) is 0.340. The molecule has 1 aromatic rings. The maximum Gasteiger partial charge on any atom is 0.158 e. The molecule has 0 unspecified atom stereocenters. The normalized spacial score (nSPS) is 16.8. The topological polar surface area (TPSA) is 76.3 Å². The third-order valence-corrected chi connectivity index (χ3v) is 2.87. The molecule has 1 aliphatic heterocycles. The molecule has 0 aromatic carbocycles. The van der Waals surface area contributed by atoms with E-state index in [1.165, 1.54) is 6.20 Å². The van der Waals surface area contributed by atoms with Crippen LogP contribution in [0.5, 0.6) is 0 Å². The number of aliphatic hydroxyl groups is 1. The van der Waals surface area contributed by atoms with Gasteiger partial charge in [0.1, 0.15) is 11.9 Å². The molecule has 0 amide bonds. The third-order valence-electron chi connectivity index (χ3n) is 2.87. The van der Waals surface area contributed by atoms with Gasteiger partial charge in [0.05, 0.1) is 19.0 Å². The Morgan fingerprint density at radius 2 is 2.00 bits per heavy atom. The third kappa shape index (κ3) is 2.90. The van der Waals surface area contributed by atoms with E-state index in [1.54, 1.807) is 6.20 Å². The minimum atomic E-state index is 0.205. The molecule has 0 atom stereocenters. The lowest BCUT2D eigenvalue weighted by Gasteiger charge is -2.34. The second-order valence-electron chi connectivity index (χ2n) is 3.92. The number of anilines is 1. The molecule has 2 heterocycles. The van der Waals surface area contributed by atoms with E-state index in [9.17, 15) is 0 Å². The lowest BCUT2D eigenvalue weighted by molar-refractivity contribution is 0.188. The summed E-state index contributed by atoms with van der Waals surface area (Å²) in [6, 6.07) is 1.95. The molecule has 0 saturated carbocycles. The summed E-state index contributed by atoms with van der Waals surface area (Å²) in [7, 11) is 0. The molecule has 0 bridgehead atoms. The molecular formula is C11H15N5O. The van der Waals surface area contributed by atoms with Gasteiger partial charge in [0, 0.05) is 32.7 Å². The lowest BCUT2D eigenvalue weighted by atomic mass is 10.3. The SMILES string of the molecule is N#Cc1cnc(N2CCN(CCO)CC2)cn1. The van der Waals surface area contributed by atoms with Crippen molar-refractivity contribution in [1.82, 2.24) is 14.9 Å². The minimum absolute atomic E-state index is 0.205. The first-order chi connectivity index (χ1) is 8.33. The van der Waals surface area contributed by atoms with Gasteiger partial charge in [0.2, 0.25) is 0 Å². The van der Waals surface area contributed by atoms with Gasteiger partial charge in [-0.15, -0.1) is 0 Å². The molecule has 1 aliphatic rings. The predicted octanol–water partition coefficient (Wildman–Crippen LogP) is -0.537. The van der Waals surface area contributed by atoms with Gasteiger partial charge in [0.15, 0.2) is 5.69 Å². The highest BCUT2D eigenvalue weighted by Gasteiger charge is 2.17. The van der Waals surface area contributed by atoms with Gasteiger partial charge in [-0.25, -0.2) is 9.97 Å². The van der Waals surface area contributed by atoms with Gasteiger partial charge in [-0.2, -0.15) is 5.26 Å². The fraction of sp³-hybridized carbons (Fsp3) is 0.545. The van der Waals surface area contributed by atoms with Crippen molar-refractivity contribution in [3.8, 4) is 6.07 Å². The quantitative estimate of drug-likeness (QED) is 0.756. The Balaban J connectivity index is 1.94. The molecule has 6 nitrogen and oxygen atoms in total. The number of piperazine rings is 1. The van der Waals surface area contributed by atoms with Crippen molar-refractivity contribution in [3.63, 3.8) is 0 Å². The molecule has 0 radical (unpaired) electrons.